The summed E-state index contributed by atoms with van der Waals surface area (Å²) in [5, 5.41) is 13.6. The first-order chi connectivity index (χ1) is 9.08. The van der Waals surface area contributed by atoms with Gasteiger partial charge in [0.05, 0.1) is 12.7 Å². The number of ether oxygens (including phenoxy) is 1. The van der Waals surface area contributed by atoms with Crippen LogP contribution in [0, 0.1) is 5.92 Å². The third-order valence-corrected chi connectivity index (χ3v) is 2.98. The summed E-state index contributed by atoms with van der Waals surface area (Å²) in [6, 6.07) is 7.44. The molecule has 0 saturated heterocycles. The Labute approximate surface area is 120 Å². The molecule has 1 aromatic rings. The van der Waals surface area contributed by atoms with E-state index in [-0.39, 0.29) is 0 Å². The van der Waals surface area contributed by atoms with Gasteiger partial charge in [0, 0.05) is 23.9 Å². The van der Waals surface area contributed by atoms with Crippen molar-refractivity contribution in [1.29, 1.82) is 0 Å². The van der Waals surface area contributed by atoms with E-state index >= 15 is 0 Å². The van der Waals surface area contributed by atoms with Crippen molar-refractivity contribution in [2.24, 2.45) is 5.92 Å². The van der Waals surface area contributed by atoms with Crippen molar-refractivity contribution in [3.63, 3.8) is 0 Å². The number of anilines is 1. The average molecular weight is 286 g/mol. The fourth-order valence-electron chi connectivity index (χ4n) is 1.71. The normalized spacial score (nSPS) is 12.7. The Kier molecular flexibility index (Phi) is 7.87. The largest absolute Gasteiger partial charge is 0.389 e. The topological polar surface area (TPSA) is 41.5 Å². The predicted molar refractivity (Wildman–Crippen MR) is 80.8 cm³/mol. The van der Waals surface area contributed by atoms with Crippen molar-refractivity contribution in [3.05, 3.63) is 29.3 Å². The minimum Gasteiger partial charge on any atom is -0.389 e. The summed E-state index contributed by atoms with van der Waals surface area (Å²) < 4.78 is 5.44. The Balaban J connectivity index is 2.09. The molecule has 1 unspecified atom stereocenters. The van der Waals surface area contributed by atoms with Crippen LogP contribution in [-0.2, 0) is 4.74 Å². The lowest BCUT2D eigenvalue weighted by Crippen LogP contribution is -2.25. The van der Waals surface area contributed by atoms with Crippen LogP contribution in [0.3, 0.4) is 0 Å². The number of aliphatic hydroxyl groups excluding tert-OH is 1. The Morgan fingerprint density at radius 1 is 1.37 bits per heavy atom. The smallest absolute Gasteiger partial charge is 0.0945 e. The standard InChI is InChI=1S/C15H24ClNO2/c1-12(2)5-4-8-19-11-15(18)10-17-14-7-3-6-13(16)9-14/h3,6-7,9,12,15,17-18H,4-5,8,10-11H2,1-2H3. The summed E-state index contributed by atoms with van der Waals surface area (Å²) in [5.74, 6) is 0.706. The molecule has 0 aliphatic carbocycles. The number of rotatable bonds is 9. The second-order valence-corrected chi connectivity index (χ2v) is 5.59. The summed E-state index contributed by atoms with van der Waals surface area (Å²) in [7, 11) is 0. The van der Waals surface area contributed by atoms with Gasteiger partial charge >= 0.3 is 0 Å². The SMILES string of the molecule is CC(C)CCCOCC(O)CNc1cccc(Cl)c1. The molecule has 4 heteroatoms. The van der Waals surface area contributed by atoms with Gasteiger partial charge in [-0.05, 0) is 37.0 Å². The molecule has 3 nitrogen and oxygen atoms in total. The van der Waals surface area contributed by atoms with Gasteiger partial charge in [0.1, 0.15) is 0 Å². The predicted octanol–water partition coefficient (Wildman–Crippen LogP) is 3.57. The molecule has 0 aromatic heterocycles. The molecule has 1 atom stereocenters. The highest BCUT2D eigenvalue weighted by Crippen LogP contribution is 2.14. The van der Waals surface area contributed by atoms with E-state index in [4.69, 9.17) is 16.3 Å². The molecule has 0 fully saturated rings. The zero-order chi connectivity index (χ0) is 14.1. The Morgan fingerprint density at radius 2 is 2.16 bits per heavy atom. The van der Waals surface area contributed by atoms with Crippen molar-refractivity contribution in [3.8, 4) is 0 Å². The number of nitrogens with one attached hydrogen (secondary N) is 1. The van der Waals surface area contributed by atoms with Gasteiger partial charge in [-0.2, -0.15) is 0 Å². The molecule has 0 radical (unpaired) electrons. The number of hydrogen-bond acceptors (Lipinski definition) is 3. The Morgan fingerprint density at radius 3 is 2.84 bits per heavy atom. The number of halogens is 1. The highest BCUT2D eigenvalue weighted by molar-refractivity contribution is 6.30. The van der Waals surface area contributed by atoms with Crippen LogP contribution in [0.15, 0.2) is 24.3 Å². The second kappa shape index (κ2) is 9.18. The molecule has 0 amide bonds. The van der Waals surface area contributed by atoms with E-state index in [0.29, 0.717) is 30.7 Å². The lowest BCUT2D eigenvalue weighted by atomic mass is 10.1. The molecule has 0 spiro atoms. The van der Waals surface area contributed by atoms with E-state index in [1.165, 1.54) is 0 Å². The maximum Gasteiger partial charge on any atom is 0.0945 e. The fourth-order valence-corrected chi connectivity index (χ4v) is 1.90. The lowest BCUT2D eigenvalue weighted by molar-refractivity contribution is 0.0409. The third kappa shape index (κ3) is 8.09. The van der Waals surface area contributed by atoms with Crippen LogP contribution in [0.5, 0.6) is 0 Å². The molecule has 2 N–H and O–H groups in total. The summed E-state index contributed by atoms with van der Waals surface area (Å²) >= 11 is 5.88. The van der Waals surface area contributed by atoms with Crippen molar-refractivity contribution in [2.45, 2.75) is 32.8 Å². The maximum atomic E-state index is 9.77. The van der Waals surface area contributed by atoms with E-state index in [0.717, 1.165) is 18.5 Å². The van der Waals surface area contributed by atoms with Crippen molar-refractivity contribution < 1.29 is 9.84 Å². The van der Waals surface area contributed by atoms with E-state index in [1.54, 1.807) is 0 Å². The second-order valence-electron chi connectivity index (χ2n) is 5.16. The van der Waals surface area contributed by atoms with Crippen LogP contribution in [0.25, 0.3) is 0 Å². The molecule has 19 heavy (non-hydrogen) atoms. The first kappa shape index (κ1) is 16.3. The van der Waals surface area contributed by atoms with Gasteiger partial charge < -0.3 is 15.2 Å². The van der Waals surface area contributed by atoms with E-state index < -0.39 is 6.10 Å². The lowest BCUT2D eigenvalue weighted by Gasteiger charge is -2.13. The van der Waals surface area contributed by atoms with Crippen LogP contribution in [0.1, 0.15) is 26.7 Å². The molecule has 0 bridgehead atoms. The number of benzene rings is 1. The van der Waals surface area contributed by atoms with Gasteiger partial charge in [0.2, 0.25) is 0 Å². The number of aliphatic hydroxyl groups is 1. The molecule has 0 heterocycles. The van der Waals surface area contributed by atoms with E-state index in [9.17, 15) is 5.11 Å². The van der Waals surface area contributed by atoms with Gasteiger partial charge in [0.15, 0.2) is 0 Å². The summed E-state index contributed by atoms with van der Waals surface area (Å²) in [4.78, 5) is 0. The molecule has 0 aliphatic heterocycles. The summed E-state index contributed by atoms with van der Waals surface area (Å²) in [6.45, 7) is 5.94. The minimum atomic E-state index is -0.502. The van der Waals surface area contributed by atoms with Gasteiger partial charge in [0.25, 0.3) is 0 Å². The van der Waals surface area contributed by atoms with Crippen molar-refractivity contribution in [1.82, 2.24) is 0 Å². The van der Waals surface area contributed by atoms with E-state index in [2.05, 4.69) is 19.2 Å². The van der Waals surface area contributed by atoms with Crippen LogP contribution >= 0.6 is 11.6 Å². The van der Waals surface area contributed by atoms with Gasteiger partial charge in [-0.3, -0.25) is 0 Å². The number of hydrogen-bond donors (Lipinski definition) is 2. The summed E-state index contributed by atoms with van der Waals surface area (Å²) in [6.07, 6.45) is 1.71. The van der Waals surface area contributed by atoms with Crippen molar-refractivity contribution in [2.75, 3.05) is 25.1 Å². The molecule has 0 aliphatic rings. The van der Waals surface area contributed by atoms with Gasteiger partial charge in [-0.25, -0.2) is 0 Å². The molecular weight excluding hydrogens is 262 g/mol. The first-order valence-electron chi connectivity index (χ1n) is 6.83. The van der Waals surface area contributed by atoms with E-state index in [1.807, 2.05) is 24.3 Å². The summed E-state index contributed by atoms with van der Waals surface area (Å²) in [5.41, 5.74) is 0.909. The quantitative estimate of drug-likeness (QED) is 0.682. The van der Waals surface area contributed by atoms with Gasteiger partial charge in [-0.15, -0.1) is 0 Å². The maximum absolute atomic E-state index is 9.77. The highest BCUT2D eigenvalue weighted by Gasteiger charge is 2.04. The molecular formula is C15H24ClNO2. The molecule has 108 valence electrons. The third-order valence-electron chi connectivity index (χ3n) is 2.75. The zero-order valence-electron chi connectivity index (χ0n) is 11.7. The van der Waals surface area contributed by atoms with Gasteiger partial charge in [-0.1, -0.05) is 31.5 Å². The fraction of sp³-hybridized carbons (Fsp3) is 0.600. The van der Waals surface area contributed by atoms with Crippen LogP contribution in [-0.4, -0.2) is 31.0 Å². The molecule has 1 aromatic carbocycles. The monoisotopic (exact) mass is 285 g/mol. The van der Waals surface area contributed by atoms with Crippen molar-refractivity contribution >= 4 is 17.3 Å². The Bertz CT molecular complexity index is 358. The Hall–Kier alpha value is -0.770. The van der Waals surface area contributed by atoms with Crippen LogP contribution in [0.2, 0.25) is 5.02 Å². The van der Waals surface area contributed by atoms with Crippen LogP contribution in [0.4, 0.5) is 5.69 Å². The zero-order valence-corrected chi connectivity index (χ0v) is 12.5. The minimum absolute atomic E-state index is 0.367. The highest BCUT2D eigenvalue weighted by atomic mass is 35.5. The molecule has 1 rings (SSSR count). The first-order valence-corrected chi connectivity index (χ1v) is 7.21. The van der Waals surface area contributed by atoms with Crippen LogP contribution < -0.4 is 5.32 Å². The molecule has 0 saturated carbocycles. The average Bonchev–Trinajstić information content (AvgIpc) is 2.35.